The molecule has 3 heteroatoms. The van der Waals surface area contributed by atoms with Crippen LogP contribution in [0.5, 0.6) is 0 Å². The summed E-state index contributed by atoms with van der Waals surface area (Å²) in [5.74, 6) is 0. The summed E-state index contributed by atoms with van der Waals surface area (Å²) in [5, 5.41) is 4.98. The van der Waals surface area contributed by atoms with Gasteiger partial charge in [-0.2, -0.15) is 0 Å². The minimum Gasteiger partial charge on any atom is -0.382 e. The molecular weight excluding hydrogens is 282 g/mol. The molecular formula is C20H23N3. The number of hydrogen-bond donors (Lipinski definition) is 2. The van der Waals surface area contributed by atoms with E-state index in [1.807, 2.05) is 6.20 Å². The van der Waals surface area contributed by atoms with Crippen molar-refractivity contribution < 1.29 is 0 Å². The first-order valence-electron chi connectivity index (χ1n) is 8.47. The summed E-state index contributed by atoms with van der Waals surface area (Å²) in [7, 11) is 0. The molecule has 0 saturated carbocycles. The van der Waals surface area contributed by atoms with Crippen LogP contribution < -0.4 is 5.32 Å². The molecule has 2 N–H and O–H groups in total. The molecule has 1 aromatic heterocycles. The van der Waals surface area contributed by atoms with Crippen LogP contribution in [0.15, 0.2) is 60.8 Å². The average molecular weight is 305 g/mol. The first-order chi connectivity index (χ1) is 11.4. The maximum absolute atomic E-state index is 3.71. The molecule has 3 nitrogen and oxygen atoms in total. The summed E-state index contributed by atoms with van der Waals surface area (Å²) in [6.07, 6.45) is 4.41. The molecule has 23 heavy (non-hydrogen) atoms. The van der Waals surface area contributed by atoms with Crippen LogP contribution in [0.1, 0.15) is 18.4 Å². The molecule has 0 aliphatic carbocycles. The number of aromatic amines is 1. The molecule has 1 fully saturated rings. The Balaban J connectivity index is 1.32. The first-order valence-corrected chi connectivity index (χ1v) is 8.47. The van der Waals surface area contributed by atoms with Gasteiger partial charge in [-0.05, 0) is 42.7 Å². The van der Waals surface area contributed by atoms with Gasteiger partial charge in [0.25, 0.3) is 0 Å². The van der Waals surface area contributed by atoms with Gasteiger partial charge < -0.3 is 10.3 Å². The number of H-pyrrole nitrogens is 1. The fourth-order valence-electron chi connectivity index (χ4n) is 3.46. The number of rotatable bonds is 4. The molecule has 0 radical (unpaired) electrons. The maximum atomic E-state index is 3.71. The van der Waals surface area contributed by atoms with Gasteiger partial charge in [0.2, 0.25) is 0 Å². The molecule has 1 aliphatic rings. The largest absolute Gasteiger partial charge is 0.382 e. The lowest BCUT2D eigenvalue weighted by Gasteiger charge is -2.33. The summed E-state index contributed by atoms with van der Waals surface area (Å²) in [6.45, 7) is 3.40. The van der Waals surface area contributed by atoms with E-state index >= 15 is 0 Å². The number of fused-ring (bicyclic) bond motifs is 1. The molecule has 3 aromatic rings. The Morgan fingerprint density at radius 2 is 1.83 bits per heavy atom. The second kappa shape index (κ2) is 6.47. The Kier molecular flexibility index (Phi) is 4.03. The van der Waals surface area contributed by atoms with E-state index < -0.39 is 0 Å². The van der Waals surface area contributed by atoms with Crippen molar-refractivity contribution in [1.29, 1.82) is 0 Å². The molecule has 1 saturated heterocycles. The van der Waals surface area contributed by atoms with Gasteiger partial charge >= 0.3 is 0 Å². The zero-order valence-corrected chi connectivity index (χ0v) is 13.3. The summed E-state index contributed by atoms with van der Waals surface area (Å²) >= 11 is 0. The third-order valence-electron chi connectivity index (χ3n) is 4.76. The van der Waals surface area contributed by atoms with Crippen LogP contribution in [0.2, 0.25) is 0 Å². The van der Waals surface area contributed by atoms with Crippen LogP contribution in [0.4, 0.5) is 5.69 Å². The Hall–Kier alpha value is -2.26. The Morgan fingerprint density at radius 3 is 2.65 bits per heavy atom. The molecule has 2 heterocycles. The van der Waals surface area contributed by atoms with Crippen molar-refractivity contribution >= 4 is 16.6 Å². The van der Waals surface area contributed by atoms with E-state index in [9.17, 15) is 0 Å². The van der Waals surface area contributed by atoms with Gasteiger partial charge in [0.15, 0.2) is 0 Å². The third-order valence-corrected chi connectivity index (χ3v) is 4.76. The van der Waals surface area contributed by atoms with Crippen molar-refractivity contribution in [3.05, 3.63) is 66.4 Å². The van der Waals surface area contributed by atoms with E-state index in [0.29, 0.717) is 6.04 Å². The Bertz CT molecular complexity index is 755. The van der Waals surface area contributed by atoms with E-state index in [1.54, 1.807) is 0 Å². The van der Waals surface area contributed by atoms with Crippen LogP contribution in [-0.4, -0.2) is 29.0 Å². The number of aromatic nitrogens is 1. The highest BCUT2D eigenvalue weighted by Crippen LogP contribution is 2.21. The monoisotopic (exact) mass is 305 g/mol. The lowest BCUT2D eigenvalue weighted by molar-refractivity contribution is 0.211. The van der Waals surface area contributed by atoms with Gasteiger partial charge in [-0.15, -0.1) is 0 Å². The van der Waals surface area contributed by atoms with Crippen molar-refractivity contribution in [3.8, 4) is 0 Å². The van der Waals surface area contributed by atoms with Crippen LogP contribution in [-0.2, 0) is 6.54 Å². The van der Waals surface area contributed by atoms with Crippen LogP contribution >= 0.6 is 0 Å². The number of likely N-dealkylation sites (tertiary alicyclic amines) is 1. The lowest BCUT2D eigenvalue weighted by atomic mass is 10.0. The molecule has 118 valence electrons. The maximum Gasteiger partial charge on any atom is 0.0455 e. The molecule has 0 unspecified atom stereocenters. The minimum atomic E-state index is 0.582. The van der Waals surface area contributed by atoms with Crippen molar-refractivity contribution in [3.63, 3.8) is 0 Å². The van der Waals surface area contributed by atoms with Crippen molar-refractivity contribution in [2.75, 3.05) is 18.4 Å². The zero-order chi connectivity index (χ0) is 15.5. The summed E-state index contributed by atoms with van der Waals surface area (Å²) in [4.78, 5) is 5.80. The van der Waals surface area contributed by atoms with E-state index in [4.69, 9.17) is 0 Å². The van der Waals surface area contributed by atoms with Gasteiger partial charge in [0.05, 0.1) is 0 Å². The topological polar surface area (TPSA) is 31.1 Å². The molecule has 1 aliphatic heterocycles. The molecule has 0 spiro atoms. The van der Waals surface area contributed by atoms with E-state index in [-0.39, 0.29) is 0 Å². The van der Waals surface area contributed by atoms with Gasteiger partial charge in [-0.25, -0.2) is 0 Å². The summed E-state index contributed by atoms with van der Waals surface area (Å²) in [5.41, 5.74) is 3.85. The summed E-state index contributed by atoms with van der Waals surface area (Å²) < 4.78 is 0. The second-order valence-electron chi connectivity index (χ2n) is 6.46. The third kappa shape index (κ3) is 3.40. The van der Waals surface area contributed by atoms with Crippen LogP contribution in [0.3, 0.4) is 0 Å². The van der Waals surface area contributed by atoms with Gasteiger partial charge in [0.1, 0.15) is 0 Å². The van der Waals surface area contributed by atoms with Crippen LogP contribution in [0, 0.1) is 0 Å². The number of benzene rings is 2. The predicted molar refractivity (Wildman–Crippen MR) is 96.7 cm³/mol. The molecule has 2 aromatic carbocycles. The van der Waals surface area contributed by atoms with E-state index in [0.717, 1.165) is 6.54 Å². The lowest BCUT2D eigenvalue weighted by Crippen LogP contribution is -2.38. The highest BCUT2D eigenvalue weighted by Gasteiger charge is 2.19. The smallest absolute Gasteiger partial charge is 0.0455 e. The normalized spacial score (nSPS) is 16.7. The SMILES string of the molecule is c1ccc(CN2CCC(Nc3ccc4[nH]ccc4c3)CC2)cc1. The minimum absolute atomic E-state index is 0.582. The first kappa shape index (κ1) is 14.3. The van der Waals surface area contributed by atoms with Crippen molar-refractivity contribution in [2.24, 2.45) is 0 Å². The van der Waals surface area contributed by atoms with Gasteiger partial charge in [-0.3, -0.25) is 4.90 Å². The predicted octanol–water partition coefficient (Wildman–Crippen LogP) is 4.24. The fourth-order valence-corrected chi connectivity index (χ4v) is 3.46. The summed E-state index contributed by atoms with van der Waals surface area (Å²) in [6, 6.07) is 20.1. The number of piperidine rings is 1. The number of hydrogen-bond acceptors (Lipinski definition) is 2. The standard InChI is InChI=1S/C20H23N3/c1-2-4-16(5-3-1)15-23-12-9-18(10-13-23)22-19-6-7-20-17(14-19)8-11-21-20/h1-8,11,14,18,21-22H,9-10,12-13,15H2. The average Bonchev–Trinajstić information content (AvgIpc) is 3.05. The Morgan fingerprint density at radius 1 is 1.00 bits per heavy atom. The highest BCUT2D eigenvalue weighted by atomic mass is 15.1. The quantitative estimate of drug-likeness (QED) is 0.755. The molecule has 0 amide bonds. The fraction of sp³-hybridized carbons (Fsp3) is 0.300. The van der Waals surface area contributed by atoms with Crippen molar-refractivity contribution in [2.45, 2.75) is 25.4 Å². The van der Waals surface area contributed by atoms with Gasteiger partial charge in [-0.1, -0.05) is 30.3 Å². The molecule has 4 rings (SSSR count). The zero-order valence-electron chi connectivity index (χ0n) is 13.3. The Labute approximate surface area is 137 Å². The van der Waals surface area contributed by atoms with E-state index in [1.165, 1.54) is 48.1 Å². The highest BCUT2D eigenvalue weighted by molar-refractivity contribution is 5.83. The molecule has 0 bridgehead atoms. The number of nitrogens with one attached hydrogen (secondary N) is 2. The number of nitrogens with zero attached hydrogens (tertiary/aromatic N) is 1. The van der Waals surface area contributed by atoms with Gasteiger partial charge in [0, 0.05) is 48.5 Å². The number of anilines is 1. The van der Waals surface area contributed by atoms with Crippen molar-refractivity contribution in [1.82, 2.24) is 9.88 Å². The van der Waals surface area contributed by atoms with E-state index in [2.05, 4.69) is 69.8 Å². The second-order valence-corrected chi connectivity index (χ2v) is 6.46. The van der Waals surface area contributed by atoms with Crippen LogP contribution in [0.25, 0.3) is 10.9 Å². The molecule has 0 atom stereocenters.